The topological polar surface area (TPSA) is 67.1 Å². The van der Waals surface area contributed by atoms with E-state index >= 15 is 0 Å². The van der Waals surface area contributed by atoms with Crippen molar-refractivity contribution in [1.29, 1.82) is 0 Å². The van der Waals surface area contributed by atoms with Crippen LogP contribution in [0, 0.1) is 0 Å². The van der Waals surface area contributed by atoms with Gasteiger partial charge in [-0.15, -0.1) is 0 Å². The van der Waals surface area contributed by atoms with E-state index in [0.29, 0.717) is 46.1 Å². The molecule has 3 rings (SSSR count). The molecule has 0 fully saturated rings. The normalized spacial score (nSPS) is 10.8. The van der Waals surface area contributed by atoms with Crippen LogP contribution in [-0.2, 0) is 0 Å². The monoisotopic (exact) mass is 398 g/mol. The van der Waals surface area contributed by atoms with Gasteiger partial charge in [0.2, 0.25) is 16.9 Å². The van der Waals surface area contributed by atoms with Crippen LogP contribution in [0.3, 0.4) is 0 Å². The molecule has 0 aliphatic carbocycles. The molecule has 1 heterocycles. The van der Waals surface area contributed by atoms with Crippen LogP contribution in [0.5, 0.6) is 23.0 Å². The van der Waals surface area contributed by atoms with Crippen LogP contribution < -0.4 is 24.4 Å². The second-order valence-corrected chi connectivity index (χ2v) is 6.56. The van der Waals surface area contributed by atoms with Crippen molar-refractivity contribution in [2.24, 2.45) is 0 Å². The first-order valence-electron chi connectivity index (χ1n) is 9.63. The summed E-state index contributed by atoms with van der Waals surface area (Å²) in [7, 11) is 4.62. The lowest BCUT2D eigenvalue weighted by atomic mass is 10.1. The molecule has 0 amide bonds. The van der Waals surface area contributed by atoms with Gasteiger partial charge in [0, 0.05) is 5.56 Å². The standard InChI is InChI=1S/C23H26O6/c1-5-6-9-12-28-23-20(24)16-10-7-8-11-17(16)29-21(23)15-13-18(25-2)22(27-4)19(14-15)26-3/h7-8,10-11,13-14H,5-6,9,12H2,1-4H3. The second-order valence-electron chi connectivity index (χ2n) is 6.56. The van der Waals surface area contributed by atoms with Crippen LogP contribution in [0.1, 0.15) is 26.2 Å². The Hall–Kier alpha value is -3.15. The van der Waals surface area contributed by atoms with Gasteiger partial charge in [-0.25, -0.2) is 0 Å². The highest BCUT2D eigenvalue weighted by Gasteiger charge is 2.21. The van der Waals surface area contributed by atoms with E-state index in [-0.39, 0.29) is 11.2 Å². The summed E-state index contributed by atoms with van der Waals surface area (Å²) in [6, 6.07) is 10.6. The van der Waals surface area contributed by atoms with E-state index in [9.17, 15) is 4.79 Å². The Kier molecular flexibility index (Phi) is 6.65. The van der Waals surface area contributed by atoms with Crippen molar-refractivity contribution in [3.63, 3.8) is 0 Å². The highest BCUT2D eigenvalue weighted by molar-refractivity contribution is 5.82. The average molecular weight is 398 g/mol. The Bertz CT molecular complexity index is 1010. The summed E-state index contributed by atoms with van der Waals surface area (Å²) < 4.78 is 28.3. The van der Waals surface area contributed by atoms with Crippen LogP contribution in [0.4, 0.5) is 0 Å². The lowest BCUT2D eigenvalue weighted by molar-refractivity contribution is 0.298. The summed E-state index contributed by atoms with van der Waals surface area (Å²) in [4.78, 5) is 13.1. The van der Waals surface area contributed by atoms with Gasteiger partial charge in [0.1, 0.15) is 5.58 Å². The van der Waals surface area contributed by atoms with Crippen molar-refractivity contribution in [2.45, 2.75) is 26.2 Å². The fraction of sp³-hybridized carbons (Fsp3) is 0.348. The summed E-state index contributed by atoms with van der Waals surface area (Å²) in [6.45, 7) is 2.56. The number of rotatable bonds is 9. The number of benzene rings is 2. The number of methoxy groups -OCH3 is 3. The molecule has 0 N–H and O–H groups in total. The molecule has 0 saturated carbocycles. The minimum Gasteiger partial charge on any atom is -0.493 e. The quantitative estimate of drug-likeness (QED) is 0.470. The summed E-state index contributed by atoms with van der Waals surface area (Å²) in [5, 5.41) is 0.481. The first-order chi connectivity index (χ1) is 14.1. The number of ether oxygens (including phenoxy) is 4. The van der Waals surface area contributed by atoms with E-state index in [1.54, 1.807) is 51.7 Å². The van der Waals surface area contributed by atoms with Crippen molar-refractivity contribution >= 4 is 11.0 Å². The molecule has 3 aromatic rings. The van der Waals surface area contributed by atoms with Gasteiger partial charge in [0.05, 0.1) is 33.3 Å². The summed E-state index contributed by atoms with van der Waals surface area (Å²) in [5.41, 5.74) is 0.891. The van der Waals surface area contributed by atoms with Crippen molar-refractivity contribution in [1.82, 2.24) is 0 Å². The highest BCUT2D eigenvalue weighted by Crippen LogP contribution is 2.43. The van der Waals surface area contributed by atoms with Crippen LogP contribution in [0.2, 0.25) is 0 Å². The van der Waals surface area contributed by atoms with Gasteiger partial charge >= 0.3 is 0 Å². The maximum atomic E-state index is 13.1. The zero-order chi connectivity index (χ0) is 20.8. The van der Waals surface area contributed by atoms with Gasteiger partial charge in [-0.2, -0.15) is 0 Å². The summed E-state index contributed by atoms with van der Waals surface area (Å²) in [5.74, 6) is 1.93. The van der Waals surface area contributed by atoms with Gasteiger partial charge in [-0.1, -0.05) is 31.9 Å². The molecular weight excluding hydrogens is 372 g/mol. The maximum Gasteiger partial charge on any atom is 0.235 e. The third kappa shape index (κ3) is 4.16. The third-order valence-electron chi connectivity index (χ3n) is 4.68. The average Bonchev–Trinajstić information content (AvgIpc) is 2.76. The molecule has 0 radical (unpaired) electrons. The van der Waals surface area contributed by atoms with Gasteiger partial charge in [-0.05, 0) is 30.7 Å². The first kappa shape index (κ1) is 20.6. The van der Waals surface area contributed by atoms with Gasteiger partial charge in [0.15, 0.2) is 17.3 Å². The Morgan fingerprint density at radius 2 is 1.59 bits per heavy atom. The SMILES string of the molecule is CCCCCOc1c(-c2cc(OC)c(OC)c(OC)c2)oc2ccccc2c1=O. The molecule has 0 bridgehead atoms. The van der Waals surface area contributed by atoms with E-state index in [2.05, 4.69) is 6.92 Å². The number of hydrogen-bond donors (Lipinski definition) is 0. The first-order valence-corrected chi connectivity index (χ1v) is 9.63. The zero-order valence-electron chi connectivity index (χ0n) is 17.2. The highest BCUT2D eigenvalue weighted by atomic mass is 16.5. The van der Waals surface area contributed by atoms with E-state index in [1.165, 1.54) is 0 Å². The minimum atomic E-state index is -0.202. The van der Waals surface area contributed by atoms with Gasteiger partial charge in [0.25, 0.3) is 0 Å². The maximum absolute atomic E-state index is 13.1. The molecule has 2 aromatic carbocycles. The molecule has 0 saturated heterocycles. The molecular formula is C23H26O6. The Morgan fingerprint density at radius 1 is 0.897 bits per heavy atom. The fourth-order valence-electron chi connectivity index (χ4n) is 3.18. The van der Waals surface area contributed by atoms with Crippen molar-refractivity contribution in [3.8, 4) is 34.3 Å². The molecule has 29 heavy (non-hydrogen) atoms. The molecule has 6 heteroatoms. The van der Waals surface area contributed by atoms with Gasteiger partial charge < -0.3 is 23.4 Å². The Labute approximate surface area is 170 Å². The molecule has 0 aliphatic rings. The van der Waals surface area contributed by atoms with E-state index in [4.69, 9.17) is 23.4 Å². The van der Waals surface area contributed by atoms with Crippen LogP contribution in [0.15, 0.2) is 45.6 Å². The number of unbranched alkanes of at least 4 members (excludes halogenated alkanes) is 2. The Balaban J connectivity index is 2.20. The van der Waals surface area contributed by atoms with E-state index in [1.807, 2.05) is 6.07 Å². The summed E-state index contributed by atoms with van der Waals surface area (Å²) in [6.07, 6.45) is 2.95. The summed E-state index contributed by atoms with van der Waals surface area (Å²) >= 11 is 0. The lowest BCUT2D eigenvalue weighted by Crippen LogP contribution is -2.11. The van der Waals surface area contributed by atoms with Crippen molar-refractivity contribution in [2.75, 3.05) is 27.9 Å². The zero-order valence-corrected chi connectivity index (χ0v) is 17.2. The Morgan fingerprint density at radius 3 is 2.21 bits per heavy atom. The minimum absolute atomic E-state index is 0.189. The number of fused-ring (bicyclic) bond motifs is 1. The lowest BCUT2D eigenvalue weighted by Gasteiger charge is -2.16. The van der Waals surface area contributed by atoms with Crippen LogP contribution in [-0.4, -0.2) is 27.9 Å². The van der Waals surface area contributed by atoms with E-state index < -0.39 is 0 Å². The second kappa shape index (κ2) is 9.37. The molecule has 1 aromatic heterocycles. The third-order valence-corrected chi connectivity index (χ3v) is 4.68. The number of hydrogen-bond acceptors (Lipinski definition) is 6. The molecule has 0 spiro atoms. The largest absolute Gasteiger partial charge is 0.493 e. The predicted octanol–water partition coefficient (Wildman–Crippen LogP) is 5.05. The molecule has 0 aliphatic heterocycles. The van der Waals surface area contributed by atoms with Crippen LogP contribution in [0.25, 0.3) is 22.3 Å². The predicted molar refractivity (Wildman–Crippen MR) is 113 cm³/mol. The molecule has 0 atom stereocenters. The molecule has 154 valence electrons. The van der Waals surface area contributed by atoms with E-state index in [0.717, 1.165) is 19.3 Å². The number of para-hydroxylation sites is 1. The van der Waals surface area contributed by atoms with Crippen molar-refractivity contribution in [3.05, 3.63) is 46.6 Å². The van der Waals surface area contributed by atoms with Crippen molar-refractivity contribution < 1.29 is 23.4 Å². The fourth-order valence-corrected chi connectivity index (χ4v) is 3.18. The van der Waals surface area contributed by atoms with Crippen LogP contribution >= 0.6 is 0 Å². The smallest absolute Gasteiger partial charge is 0.235 e. The molecule has 0 unspecified atom stereocenters. The molecule has 6 nitrogen and oxygen atoms in total. The van der Waals surface area contributed by atoms with Gasteiger partial charge in [-0.3, -0.25) is 4.79 Å².